The second-order valence-electron chi connectivity index (χ2n) is 5.59. The van der Waals surface area contributed by atoms with Gasteiger partial charge in [0, 0.05) is 19.6 Å². The second-order valence-corrected chi connectivity index (χ2v) is 5.59. The molecule has 0 radical (unpaired) electrons. The maximum absolute atomic E-state index is 4.46. The SMILES string of the molecule is CC1(CNC2=NCCCN2)CCCCCC1. The summed E-state index contributed by atoms with van der Waals surface area (Å²) in [4.78, 5) is 4.46. The van der Waals surface area contributed by atoms with Crippen molar-refractivity contribution in [3.8, 4) is 0 Å². The molecular weight excluding hydrogens is 198 g/mol. The van der Waals surface area contributed by atoms with Gasteiger partial charge in [0.1, 0.15) is 0 Å². The van der Waals surface area contributed by atoms with Gasteiger partial charge in [0.15, 0.2) is 5.96 Å². The summed E-state index contributed by atoms with van der Waals surface area (Å²) < 4.78 is 0. The first-order valence-electron chi connectivity index (χ1n) is 6.81. The average Bonchev–Trinajstić information content (AvgIpc) is 2.54. The number of aliphatic imine (C=N–C) groups is 1. The van der Waals surface area contributed by atoms with Crippen LogP contribution in [0.4, 0.5) is 0 Å². The molecule has 0 amide bonds. The molecule has 0 aromatic carbocycles. The molecule has 0 aromatic rings. The van der Waals surface area contributed by atoms with Crippen LogP contribution in [0.3, 0.4) is 0 Å². The smallest absolute Gasteiger partial charge is 0.191 e. The van der Waals surface area contributed by atoms with Gasteiger partial charge >= 0.3 is 0 Å². The van der Waals surface area contributed by atoms with Crippen molar-refractivity contribution in [1.82, 2.24) is 10.6 Å². The van der Waals surface area contributed by atoms with E-state index < -0.39 is 0 Å². The summed E-state index contributed by atoms with van der Waals surface area (Å²) in [5.74, 6) is 1.02. The topological polar surface area (TPSA) is 36.4 Å². The summed E-state index contributed by atoms with van der Waals surface area (Å²) in [5.41, 5.74) is 0.484. The molecule has 3 nitrogen and oxygen atoms in total. The van der Waals surface area contributed by atoms with Gasteiger partial charge in [0.2, 0.25) is 0 Å². The Labute approximate surface area is 99.1 Å². The van der Waals surface area contributed by atoms with Crippen molar-refractivity contribution in [2.24, 2.45) is 10.4 Å². The van der Waals surface area contributed by atoms with Crippen LogP contribution in [0.1, 0.15) is 51.9 Å². The molecule has 1 heterocycles. The molecule has 2 rings (SSSR count). The van der Waals surface area contributed by atoms with Gasteiger partial charge in [0.25, 0.3) is 0 Å². The van der Waals surface area contributed by atoms with Crippen molar-refractivity contribution < 1.29 is 0 Å². The lowest BCUT2D eigenvalue weighted by Crippen LogP contribution is -2.44. The molecule has 2 aliphatic rings. The van der Waals surface area contributed by atoms with Crippen molar-refractivity contribution in [2.75, 3.05) is 19.6 Å². The zero-order valence-electron chi connectivity index (χ0n) is 10.5. The van der Waals surface area contributed by atoms with Crippen molar-refractivity contribution in [3.05, 3.63) is 0 Å². The Kier molecular flexibility index (Phi) is 4.08. The van der Waals surface area contributed by atoms with Crippen LogP contribution in [0.15, 0.2) is 4.99 Å². The van der Waals surface area contributed by atoms with Crippen LogP contribution >= 0.6 is 0 Å². The molecule has 1 aliphatic carbocycles. The lowest BCUT2D eigenvalue weighted by atomic mass is 9.82. The summed E-state index contributed by atoms with van der Waals surface area (Å²) in [6, 6.07) is 0. The monoisotopic (exact) mass is 223 g/mol. The zero-order valence-corrected chi connectivity index (χ0v) is 10.5. The van der Waals surface area contributed by atoms with Gasteiger partial charge in [-0.2, -0.15) is 0 Å². The quantitative estimate of drug-likeness (QED) is 0.705. The average molecular weight is 223 g/mol. The van der Waals surface area contributed by atoms with Gasteiger partial charge in [-0.25, -0.2) is 0 Å². The summed E-state index contributed by atoms with van der Waals surface area (Å²) in [6.07, 6.45) is 9.56. The second kappa shape index (κ2) is 5.55. The van der Waals surface area contributed by atoms with Gasteiger partial charge in [-0.3, -0.25) is 4.99 Å². The first-order valence-corrected chi connectivity index (χ1v) is 6.81. The van der Waals surface area contributed by atoms with Crippen LogP contribution in [-0.2, 0) is 0 Å². The highest BCUT2D eigenvalue weighted by molar-refractivity contribution is 5.80. The highest BCUT2D eigenvalue weighted by Crippen LogP contribution is 2.33. The first kappa shape index (κ1) is 11.7. The van der Waals surface area contributed by atoms with E-state index in [-0.39, 0.29) is 0 Å². The fourth-order valence-corrected chi connectivity index (χ4v) is 2.71. The molecule has 92 valence electrons. The molecule has 16 heavy (non-hydrogen) atoms. The van der Waals surface area contributed by atoms with E-state index in [1.165, 1.54) is 44.9 Å². The minimum atomic E-state index is 0.484. The van der Waals surface area contributed by atoms with E-state index in [2.05, 4.69) is 22.5 Å². The van der Waals surface area contributed by atoms with E-state index in [1.807, 2.05) is 0 Å². The van der Waals surface area contributed by atoms with Gasteiger partial charge in [-0.05, 0) is 24.7 Å². The van der Waals surface area contributed by atoms with Crippen LogP contribution in [0.5, 0.6) is 0 Å². The highest BCUT2D eigenvalue weighted by Gasteiger charge is 2.25. The fourth-order valence-electron chi connectivity index (χ4n) is 2.71. The third-order valence-electron chi connectivity index (χ3n) is 3.89. The minimum Gasteiger partial charge on any atom is -0.356 e. The highest BCUT2D eigenvalue weighted by atomic mass is 15.2. The Morgan fingerprint density at radius 1 is 1.19 bits per heavy atom. The molecule has 1 saturated carbocycles. The number of rotatable bonds is 2. The van der Waals surface area contributed by atoms with Crippen LogP contribution in [0.25, 0.3) is 0 Å². The Bertz CT molecular complexity index is 240. The van der Waals surface area contributed by atoms with Crippen molar-refractivity contribution in [1.29, 1.82) is 0 Å². The molecule has 2 N–H and O–H groups in total. The number of nitrogens with one attached hydrogen (secondary N) is 2. The van der Waals surface area contributed by atoms with Gasteiger partial charge in [0.05, 0.1) is 0 Å². The van der Waals surface area contributed by atoms with Crippen molar-refractivity contribution >= 4 is 5.96 Å². The van der Waals surface area contributed by atoms with E-state index in [9.17, 15) is 0 Å². The molecule has 0 spiro atoms. The van der Waals surface area contributed by atoms with Crippen LogP contribution in [0.2, 0.25) is 0 Å². The largest absolute Gasteiger partial charge is 0.356 e. The maximum Gasteiger partial charge on any atom is 0.191 e. The summed E-state index contributed by atoms with van der Waals surface area (Å²) in [6.45, 7) is 5.56. The molecule has 0 bridgehead atoms. The minimum absolute atomic E-state index is 0.484. The number of hydrogen-bond acceptors (Lipinski definition) is 3. The summed E-state index contributed by atoms with van der Waals surface area (Å²) in [5, 5.41) is 6.83. The lowest BCUT2D eigenvalue weighted by molar-refractivity contribution is 0.276. The van der Waals surface area contributed by atoms with Crippen LogP contribution in [0, 0.1) is 5.41 Å². The predicted molar refractivity (Wildman–Crippen MR) is 68.7 cm³/mol. The standard InChI is InChI=1S/C13H25N3/c1-13(7-4-2-3-5-8-13)11-16-12-14-9-6-10-15-12/h2-11H2,1H3,(H2,14,15,16). The maximum atomic E-state index is 4.46. The Balaban J connectivity index is 1.80. The molecule has 0 unspecified atom stereocenters. The third-order valence-corrected chi connectivity index (χ3v) is 3.89. The molecule has 0 saturated heterocycles. The normalized spacial score (nSPS) is 25.2. The van der Waals surface area contributed by atoms with Crippen LogP contribution in [-0.4, -0.2) is 25.6 Å². The number of hydrogen-bond donors (Lipinski definition) is 2. The van der Waals surface area contributed by atoms with E-state index in [0.717, 1.165) is 25.6 Å². The van der Waals surface area contributed by atoms with E-state index in [0.29, 0.717) is 5.41 Å². The molecule has 1 fully saturated rings. The molecule has 3 heteroatoms. The summed E-state index contributed by atoms with van der Waals surface area (Å²) in [7, 11) is 0. The van der Waals surface area contributed by atoms with Crippen molar-refractivity contribution in [3.63, 3.8) is 0 Å². The first-order chi connectivity index (χ1) is 7.79. The molecule has 1 aliphatic heterocycles. The van der Waals surface area contributed by atoms with Gasteiger partial charge in [-0.15, -0.1) is 0 Å². The summed E-state index contributed by atoms with van der Waals surface area (Å²) >= 11 is 0. The van der Waals surface area contributed by atoms with Gasteiger partial charge < -0.3 is 10.6 Å². The Morgan fingerprint density at radius 3 is 2.56 bits per heavy atom. The zero-order chi connectivity index (χ0) is 11.3. The predicted octanol–water partition coefficient (Wildman–Crippen LogP) is 2.29. The lowest BCUT2D eigenvalue weighted by Gasteiger charge is -2.29. The Hall–Kier alpha value is -0.730. The fraction of sp³-hybridized carbons (Fsp3) is 0.923. The van der Waals surface area contributed by atoms with Crippen molar-refractivity contribution in [2.45, 2.75) is 51.9 Å². The molecule has 0 atom stereocenters. The van der Waals surface area contributed by atoms with E-state index >= 15 is 0 Å². The Morgan fingerprint density at radius 2 is 1.94 bits per heavy atom. The third kappa shape index (κ3) is 3.39. The molecular formula is C13H25N3. The molecule has 0 aromatic heterocycles. The van der Waals surface area contributed by atoms with Gasteiger partial charge in [-0.1, -0.05) is 32.6 Å². The van der Waals surface area contributed by atoms with E-state index in [1.54, 1.807) is 0 Å². The van der Waals surface area contributed by atoms with Crippen LogP contribution < -0.4 is 10.6 Å². The number of guanidine groups is 1. The number of nitrogens with zero attached hydrogens (tertiary/aromatic N) is 1. The van der Waals surface area contributed by atoms with E-state index in [4.69, 9.17) is 0 Å².